The Labute approximate surface area is 276 Å². The van der Waals surface area contributed by atoms with E-state index in [1.54, 1.807) is 0 Å². The normalized spacial score (nSPS) is 11.8. The maximum absolute atomic E-state index is 2.38. The van der Waals surface area contributed by atoms with Crippen molar-refractivity contribution in [2.24, 2.45) is 0 Å². The fourth-order valence-corrected chi connectivity index (χ4v) is 8.96. The van der Waals surface area contributed by atoms with E-state index in [1.165, 1.54) is 96.6 Å². The first-order valence-corrected chi connectivity index (χ1v) is 17.0. The van der Waals surface area contributed by atoms with Crippen LogP contribution in [0.2, 0.25) is 0 Å². The quantitative estimate of drug-likeness (QED) is 0.174. The third-order valence-electron chi connectivity index (χ3n) is 9.84. The lowest BCUT2D eigenvalue weighted by Gasteiger charge is -2.13. The molecule has 47 heavy (non-hydrogen) atoms. The summed E-state index contributed by atoms with van der Waals surface area (Å²) in [4.78, 5) is 0. The van der Waals surface area contributed by atoms with Crippen LogP contribution in [0.25, 0.3) is 96.6 Å². The molecule has 0 radical (unpaired) electrons. The van der Waals surface area contributed by atoms with E-state index in [2.05, 4.69) is 170 Å². The molecule has 1 heterocycles. The Kier molecular flexibility index (Phi) is 5.85. The van der Waals surface area contributed by atoms with E-state index in [-0.39, 0.29) is 0 Å². The molecule has 10 aromatic rings. The summed E-state index contributed by atoms with van der Waals surface area (Å²) in [6, 6.07) is 62.6. The van der Waals surface area contributed by atoms with Crippen molar-refractivity contribution >= 4 is 74.6 Å². The Hall–Kier alpha value is -5.76. The van der Waals surface area contributed by atoms with E-state index in [4.69, 9.17) is 0 Å². The van der Waals surface area contributed by atoms with Crippen LogP contribution in [-0.2, 0) is 0 Å². The Morgan fingerprint density at radius 1 is 0.255 bits per heavy atom. The Balaban J connectivity index is 1.09. The topological polar surface area (TPSA) is 0 Å². The summed E-state index contributed by atoms with van der Waals surface area (Å²) < 4.78 is 2.71. The van der Waals surface area contributed by atoms with E-state index >= 15 is 0 Å². The molecule has 0 bridgehead atoms. The van der Waals surface area contributed by atoms with Gasteiger partial charge in [-0.25, -0.2) is 0 Å². The highest BCUT2D eigenvalue weighted by atomic mass is 32.1. The molecule has 0 aliphatic rings. The lowest BCUT2D eigenvalue weighted by Crippen LogP contribution is -1.86. The van der Waals surface area contributed by atoms with Gasteiger partial charge in [-0.15, -0.1) is 11.3 Å². The summed E-state index contributed by atoms with van der Waals surface area (Å²) >= 11 is 1.92. The van der Waals surface area contributed by atoms with Crippen LogP contribution < -0.4 is 0 Å². The Bertz CT molecular complexity index is 2820. The van der Waals surface area contributed by atoms with Crippen LogP contribution in [0, 0.1) is 0 Å². The molecule has 10 rings (SSSR count). The van der Waals surface area contributed by atoms with Gasteiger partial charge in [-0.05, 0) is 94.7 Å². The second-order valence-corrected chi connectivity index (χ2v) is 13.5. The van der Waals surface area contributed by atoms with Crippen LogP contribution in [-0.4, -0.2) is 0 Å². The number of hydrogen-bond acceptors (Lipinski definition) is 1. The molecule has 0 aliphatic carbocycles. The molecule has 0 aliphatic heterocycles. The first kappa shape index (κ1) is 26.5. The van der Waals surface area contributed by atoms with Crippen molar-refractivity contribution in [1.82, 2.24) is 0 Å². The van der Waals surface area contributed by atoms with Crippen LogP contribution >= 0.6 is 11.3 Å². The minimum Gasteiger partial charge on any atom is -0.134 e. The van der Waals surface area contributed by atoms with Crippen LogP contribution in [0.4, 0.5) is 0 Å². The number of benzene rings is 9. The van der Waals surface area contributed by atoms with E-state index in [0.717, 1.165) is 0 Å². The SMILES string of the molecule is c1cc(-c2cccc(-c3cccc4c3sc3c5ccccc5ccc43)c2)cc(-c2ccc3c4ccccc4c4ccccc4c3c2)c1. The second-order valence-electron chi connectivity index (χ2n) is 12.5. The fourth-order valence-electron chi connectivity index (χ4n) is 7.59. The highest BCUT2D eigenvalue weighted by Crippen LogP contribution is 2.43. The molecule has 0 amide bonds. The molecule has 0 spiro atoms. The molecule has 218 valence electrons. The van der Waals surface area contributed by atoms with Gasteiger partial charge in [-0.3, -0.25) is 0 Å². The lowest BCUT2D eigenvalue weighted by atomic mass is 9.91. The highest BCUT2D eigenvalue weighted by molar-refractivity contribution is 7.27. The molecule has 9 aromatic carbocycles. The third-order valence-corrected chi connectivity index (χ3v) is 11.1. The van der Waals surface area contributed by atoms with Gasteiger partial charge in [0.05, 0.1) is 0 Å². The summed E-state index contributed by atoms with van der Waals surface area (Å²) in [5.41, 5.74) is 7.45. The molecule has 0 fully saturated rings. The number of thiophene rings is 1. The van der Waals surface area contributed by atoms with Gasteiger partial charge in [0.15, 0.2) is 0 Å². The van der Waals surface area contributed by atoms with Gasteiger partial charge in [0.25, 0.3) is 0 Å². The van der Waals surface area contributed by atoms with Gasteiger partial charge >= 0.3 is 0 Å². The van der Waals surface area contributed by atoms with E-state index < -0.39 is 0 Å². The monoisotopic (exact) mass is 612 g/mol. The predicted molar refractivity (Wildman–Crippen MR) is 206 cm³/mol. The number of rotatable bonds is 3. The van der Waals surface area contributed by atoms with Crippen LogP contribution in [0.3, 0.4) is 0 Å². The maximum atomic E-state index is 2.38. The molecular formula is C46H28S. The largest absolute Gasteiger partial charge is 0.134 e. The van der Waals surface area contributed by atoms with Crippen molar-refractivity contribution in [2.75, 3.05) is 0 Å². The van der Waals surface area contributed by atoms with Gasteiger partial charge in [0, 0.05) is 20.2 Å². The molecule has 0 N–H and O–H groups in total. The van der Waals surface area contributed by atoms with Gasteiger partial charge in [-0.1, -0.05) is 152 Å². The van der Waals surface area contributed by atoms with Crippen LogP contribution in [0.15, 0.2) is 170 Å². The van der Waals surface area contributed by atoms with E-state index in [1.807, 2.05) is 11.3 Å². The smallest absolute Gasteiger partial charge is 0.0434 e. The Morgan fingerprint density at radius 3 is 1.43 bits per heavy atom. The molecule has 0 saturated heterocycles. The van der Waals surface area contributed by atoms with Crippen molar-refractivity contribution in [2.45, 2.75) is 0 Å². The zero-order chi connectivity index (χ0) is 30.9. The van der Waals surface area contributed by atoms with Crippen molar-refractivity contribution in [3.63, 3.8) is 0 Å². The Morgan fingerprint density at radius 2 is 0.723 bits per heavy atom. The summed E-state index contributed by atoms with van der Waals surface area (Å²) in [7, 11) is 0. The standard InChI is InChI=1S/C46H28S/c1-2-15-35-29(10-1)22-25-43-42-21-9-20-36(46(42)47-45(35)43)34-14-8-13-32(27-34)30-11-7-12-31(26-30)33-23-24-41-39-18-4-3-16-37(39)38-17-5-6-19-40(38)44(41)28-33/h1-28H. The molecule has 0 saturated carbocycles. The molecule has 1 aromatic heterocycles. The lowest BCUT2D eigenvalue weighted by molar-refractivity contribution is 1.59. The average molecular weight is 613 g/mol. The molecular weight excluding hydrogens is 585 g/mol. The van der Waals surface area contributed by atoms with Crippen molar-refractivity contribution in [3.8, 4) is 33.4 Å². The zero-order valence-electron chi connectivity index (χ0n) is 25.6. The average Bonchev–Trinajstić information content (AvgIpc) is 3.54. The van der Waals surface area contributed by atoms with Crippen molar-refractivity contribution in [3.05, 3.63) is 170 Å². The summed E-state index contributed by atoms with van der Waals surface area (Å²) in [6.45, 7) is 0. The second kappa shape index (κ2) is 10.4. The van der Waals surface area contributed by atoms with Crippen molar-refractivity contribution in [1.29, 1.82) is 0 Å². The number of hydrogen-bond donors (Lipinski definition) is 0. The number of fused-ring (bicyclic) bond motifs is 11. The fraction of sp³-hybridized carbons (Fsp3) is 0. The molecule has 1 heteroatoms. The van der Waals surface area contributed by atoms with Gasteiger partial charge in [0.2, 0.25) is 0 Å². The third kappa shape index (κ3) is 4.14. The highest BCUT2D eigenvalue weighted by Gasteiger charge is 2.14. The van der Waals surface area contributed by atoms with E-state index in [9.17, 15) is 0 Å². The molecule has 0 unspecified atom stereocenters. The predicted octanol–water partition coefficient (Wildman–Crippen LogP) is 13.7. The van der Waals surface area contributed by atoms with E-state index in [0.29, 0.717) is 0 Å². The molecule has 0 nitrogen and oxygen atoms in total. The summed E-state index contributed by atoms with van der Waals surface area (Å²) in [5, 5.41) is 13.1. The van der Waals surface area contributed by atoms with Gasteiger partial charge in [-0.2, -0.15) is 0 Å². The van der Waals surface area contributed by atoms with Crippen LogP contribution in [0.5, 0.6) is 0 Å². The first-order valence-electron chi connectivity index (χ1n) is 16.2. The first-order chi connectivity index (χ1) is 23.3. The zero-order valence-corrected chi connectivity index (χ0v) is 26.4. The van der Waals surface area contributed by atoms with Gasteiger partial charge in [0.1, 0.15) is 0 Å². The van der Waals surface area contributed by atoms with Crippen LogP contribution in [0.1, 0.15) is 0 Å². The molecule has 0 atom stereocenters. The van der Waals surface area contributed by atoms with Gasteiger partial charge < -0.3 is 0 Å². The van der Waals surface area contributed by atoms with Crippen molar-refractivity contribution < 1.29 is 0 Å². The summed E-state index contributed by atoms with van der Waals surface area (Å²) in [5.74, 6) is 0. The minimum atomic E-state index is 1.22. The minimum absolute atomic E-state index is 1.22. The summed E-state index contributed by atoms with van der Waals surface area (Å²) in [6.07, 6.45) is 0. The maximum Gasteiger partial charge on any atom is 0.0434 e.